The fourth-order valence-electron chi connectivity index (χ4n) is 12.2. The Labute approximate surface area is 514 Å². The fraction of sp³-hybridized carbons (Fsp3) is 0.957. The highest BCUT2D eigenvalue weighted by Gasteiger charge is 2.51. The van der Waals surface area contributed by atoms with Gasteiger partial charge in [-0.1, -0.05) is 321 Å². The van der Waals surface area contributed by atoms with Crippen LogP contribution in [0.3, 0.4) is 0 Å². The van der Waals surface area contributed by atoms with Crippen molar-refractivity contribution in [1.82, 2.24) is 5.32 Å². The maximum absolute atomic E-state index is 13.3. The van der Waals surface area contributed by atoms with Crippen LogP contribution in [-0.4, -0.2) is 140 Å². The quantitative estimate of drug-likeness (QED) is 0.0204. The highest BCUT2D eigenvalue weighted by molar-refractivity contribution is 5.76. The van der Waals surface area contributed by atoms with Crippen LogP contribution in [0.15, 0.2) is 12.2 Å². The molecular formula is C70H135NO13. The molecular weight excluding hydrogens is 1060 g/mol. The van der Waals surface area contributed by atoms with Crippen LogP contribution in [0.25, 0.3) is 0 Å². The van der Waals surface area contributed by atoms with Crippen LogP contribution in [-0.2, 0) is 23.7 Å². The number of amides is 1. The van der Waals surface area contributed by atoms with Gasteiger partial charge in [-0.2, -0.15) is 0 Å². The van der Waals surface area contributed by atoms with Gasteiger partial charge < -0.3 is 65.1 Å². The van der Waals surface area contributed by atoms with Gasteiger partial charge in [-0.05, 0) is 19.3 Å². The first kappa shape index (κ1) is 78.8. The van der Waals surface area contributed by atoms with Crippen LogP contribution in [0, 0.1) is 0 Å². The smallest absolute Gasteiger partial charge is 0.220 e. The van der Waals surface area contributed by atoms with E-state index < -0.39 is 86.8 Å². The molecule has 2 rings (SSSR count). The first-order valence-corrected chi connectivity index (χ1v) is 35.9. The molecule has 84 heavy (non-hydrogen) atoms. The molecule has 0 aromatic rings. The summed E-state index contributed by atoms with van der Waals surface area (Å²) in [4.78, 5) is 13.3. The lowest BCUT2D eigenvalue weighted by molar-refractivity contribution is -0.359. The Bertz CT molecular complexity index is 1460. The third kappa shape index (κ3) is 39.7. The molecule has 0 radical (unpaired) electrons. The minimum Gasteiger partial charge on any atom is -0.394 e. The lowest BCUT2D eigenvalue weighted by Gasteiger charge is -2.46. The van der Waals surface area contributed by atoms with Crippen LogP contribution in [0.1, 0.15) is 335 Å². The summed E-state index contributed by atoms with van der Waals surface area (Å²) in [6.45, 7) is 2.86. The molecule has 2 aliphatic rings. The van der Waals surface area contributed by atoms with Crippen molar-refractivity contribution < 1.29 is 64.6 Å². The van der Waals surface area contributed by atoms with Gasteiger partial charge in [0.15, 0.2) is 12.6 Å². The van der Waals surface area contributed by atoms with Crippen molar-refractivity contribution in [3.05, 3.63) is 12.2 Å². The van der Waals surface area contributed by atoms with E-state index in [0.29, 0.717) is 6.42 Å². The van der Waals surface area contributed by atoms with E-state index in [-0.39, 0.29) is 18.9 Å². The van der Waals surface area contributed by atoms with Crippen molar-refractivity contribution in [2.75, 3.05) is 19.8 Å². The van der Waals surface area contributed by atoms with Crippen molar-refractivity contribution in [3.8, 4) is 0 Å². The number of hydrogen-bond donors (Lipinski definition) is 9. The van der Waals surface area contributed by atoms with Gasteiger partial charge in [-0.25, -0.2) is 0 Å². The summed E-state index contributed by atoms with van der Waals surface area (Å²) in [7, 11) is 0. The fourth-order valence-corrected chi connectivity index (χ4v) is 12.2. The van der Waals surface area contributed by atoms with Crippen LogP contribution in [0.2, 0.25) is 0 Å². The second-order valence-corrected chi connectivity index (χ2v) is 25.7. The Morgan fingerprint density at radius 3 is 1.10 bits per heavy atom. The molecule has 12 atom stereocenters. The van der Waals surface area contributed by atoms with Gasteiger partial charge in [0, 0.05) is 6.42 Å². The van der Waals surface area contributed by atoms with Crippen molar-refractivity contribution in [3.63, 3.8) is 0 Å². The maximum atomic E-state index is 13.3. The molecule has 14 heteroatoms. The summed E-state index contributed by atoms with van der Waals surface area (Å²) in [5.74, 6) is -0.231. The lowest BCUT2D eigenvalue weighted by atomic mass is 9.97. The molecule has 2 heterocycles. The molecule has 0 saturated carbocycles. The highest BCUT2D eigenvalue weighted by atomic mass is 16.7. The van der Waals surface area contributed by atoms with Crippen LogP contribution < -0.4 is 5.32 Å². The van der Waals surface area contributed by atoms with Crippen molar-refractivity contribution in [2.24, 2.45) is 0 Å². The molecule has 0 aromatic carbocycles. The van der Waals surface area contributed by atoms with E-state index in [2.05, 4.69) is 19.2 Å². The van der Waals surface area contributed by atoms with E-state index in [0.717, 1.165) is 38.5 Å². The normalized spacial score (nSPS) is 23.6. The monoisotopic (exact) mass is 1200 g/mol. The summed E-state index contributed by atoms with van der Waals surface area (Å²) in [5.41, 5.74) is 0. The predicted molar refractivity (Wildman–Crippen MR) is 342 cm³/mol. The Morgan fingerprint density at radius 1 is 0.417 bits per heavy atom. The Morgan fingerprint density at radius 2 is 0.738 bits per heavy atom. The van der Waals surface area contributed by atoms with Gasteiger partial charge in [0.05, 0.1) is 32.0 Å². The molecule has 498 valence electrons. The van der Waals surface area contributed by atoms with Gasteiger partial charge in [-0.3, -0.25) is 4.79 Å². The Balaban J connectivity index is 1.67. The largest absolute Gasteiger partial charge is 0.394 e. The number of aliphatic hydroxyl groups is 8. The van der Waals surface area contributed by atoms with E-state index in [9.17, 15) is 45.6 Å². The molecule has 2 fully saturated rings. The van der Waals surface area contributed by atoms with Gasteiger partial charge in [0.1, 0.15) is 48.8 Å². The number of carbonyl (C=O) groups excluding carboxylic acids is 1. The Kier molecular flexibility index (Phi) is 52.3. The van der Waals surface area contributed by atoms with Gasteiger partial charge in [-0.15, -0.1) is 0 Å². The second-order valence-electron chi connectivity index (χ2n) is 25.7. The van der Waals surface area contributed by atoms with E-state index >= 15 is 0 Å². The topological polar surface area (TPSA) is 228 Å². The maximum Gasteiger partial charge on any atom is 0.220 e. The zero-order valence-corrected chi connectivity index (χ0v) is 54.2. The summed E-state index contributed by atoms with van der Waals surface area (Å²) in [5, 5.41) is 87.5. The average molecular weight is 1200 g/mol. The zero-order valence-electron chi connectivity index (χ0n) is 54.2. The number of aliphatic hydroxyl groups excluding tert-OH is 8. The number of ether oxygens (including phenoxy) is 4. The molecule has 14 nitrogen and oxygen atoms in total. The molecule has 0 aliphatic carbocycles. The molecule has 1 amide bonds. The molecule has 0 bridgehead atoms. The van der Waals surface area contributed by atoms with Crippen LogP contribution in [0.5, 0.6) is 0 Å². The SMILES string of the molecule is CCCCCCCCCCCCCCCCCCCCCCCCCCCC/C=C/C(O)C(COC1OC(CO)C(OC2OC(CO)C(O)C(O)C2O)C(O)C1O)NC(=O)CCCCCCCCCCCCCCCCCCCCCCCC. The number of rotatable bonds is 60. The Hall–Kier alpha value is -1.27. The van der Waals surface area contributed by atoms with Gasteiger partial charge >= 0.3 is 0 Å². The van der Waals surface area contributed by atoms with E-state index in [1.54, 1.807) is 6.08 Å². The molecule has 12 unspecified atom stereocenters. The number of carbonyl (C=O) groups is 1. The third-order valence-electron chi connectivity index (χ3n) is 18.0. The van der Waals surface area contributed by atoms with Crippen molar-refractivity contribution >= 4 is 5.91 Å². The minimum atomic E-state index is -1.79. The van der Waals surface area contributed by atoms with Gasteiger partial charge in [0.25, 0.3) is 0 Å². The first-order valence-electron chi connectivity index (χ1n) is 35.9. The van der Waals surface area contributed by atoms with Crippen LogP contribution >= 0.6 is 0 Å². The second kappa shape index (κ2) is 55.8. The van der Waals surface area contributed by atoms with Crippen LogP contribution in [0.4, 0.5) is 0 Å². The van der Waals surface area contributed by atoms with Crippen molar-refractivity contribution in [2.45, 2.75) is 408 Å². The standard InChI is InChI=1S/C70H135NO13/c1-3-5-7-9-11-13-15-17-19-21-23-25-27-28-29-30-31-32-33-35-37-39-41-43-45-47-49-51-53-59(74)58(57-81-69-67(80)65(78)68(61(56-73)83-69)84-70-66(79)64(77)63(76)60(55-72)82-70)71-62(75)54-52-50-48-46-44-42-40-38-36-34-26-24-22-20-18-16-14-12-10-8-6-4-2/h51,53,58-61,63-70,72-74,76-80H,3-50,52,54-57H2,1-2H3,(H,71,75)/b53-51+. The summed E-state index contributed by atoms with van der Waals surface area (Å²) in [6, 6.07) is -0.911. The first-order chi connectivity index (χ1) is 41.1. The predicted octanol–water partition coefficient (Wildman–Crippen LogP) is 14.6. The molecule has 2 saturated heterocycles. The van der Waals surface area contributed by atoms with Crippen molar-refractivity contribution in [1.29, 1.82) is 0 Å². The average Bonchev–Trinajstić information content (AvgIpc) is 3.64. The minimum absolute atomic E-state index is 0.231. The number of nitrogens with one attached hydrogen (secondary N) is 1. The van der Waals surface area contributed by atoms with Gasteiger partial charge in [0.2, 0.25) is 5.91 Å². The van der Waals surface area contributed by atoms with E-state index in [1.807, 2.05) is 6.08 Å². The molecule has 9 N–H and O–H groups in total. The molecule has 2 aliphatic heterocycles. The lowest BCUT2D eigenvalue weighted by Crippen LogP contribution is -2.65. The summed E-state index contributed by atoms with van der Waals surface area (Å²) >= 11 is 0. The highest BCUT2D eigenvalue weighted by Crippen LogP contribution is 2.30. The third-order valence-corrected chi connectivity index (χ3v) is 18.0. The summed E-state index contributed by atoms with van der Waals surface area (Å²) < 4.78 is 22.9. The van der Waals surface area contributed by atoms with E-state index in [4.69, 9.17) is 18.9 Å². The number of hydrogen-bond acceptors (Lipinski definition) is 13. The summed E-state index contributed by atoms with van der Waals surface area (Å²) in [6.07, 6.45) is 51.3. The zero-order chi connectivity index (χ0) is 60.9. The number of unbranched alkanes of at least 4 members (excludes halogenated alkanes) is 47. The molecule has 0 spiro atoms. The number of allylic oxidation sites excluding steroid dienone is 1. The molecule has 0 aromatic heterocycles. The van der Waals surface area contributed by atoms with E-state index in [1.165, 1.54) is 270 Å².